The quantitative estimate of drug-likeness (QED) is 0.600. The van der Waals surface area contributed by atoms with Crippen LogP contribution in [-0.2, 0) is 4.74 Å². The summed E-state index contributed by atoms with van der Waals surface area (Å²) in [6.07, 6.45) is 6.92. The summed E-state index contributed by atoms with van der Waals surface area (Å²) in [5, 5.41) is 15.4. The summed E-state index contributed by atoms with van der Waals surface area (Å²) in [7, 11) is 0. The second-order valence-corrected chi connectivity index (χ2v) is 5.76. The van der Waals surface area contributed by atoms with E-state index in [0.29, 0.717) is 35.8 Å². The van der Waals surface area contributed by atoms with Crippen LogP contribution in [0.15, 0.2) is 30.5 Å². The van der Waals surface area contributed by atoms with Crippen LogP contribution >= 0.6 is 0 Å². The van der Waals surface area contributed by atoms with Gasteiger partial charge in [0.1, 0.15) is 17.0 Å². The number of hydrogen-bond acceptors (Lipinski definition) is 8. The fourth-order valence-corrected chi connectivity index (χ4v) is 2.89. The number of nitrogens with zero attached hydrogens (tertiary/aromatic N) is 3. The van der Waals surface area contributed by atoms with E-state index in [0.717, 1.165) is 42.3 Å². The largest absolute Gasteiger partial charge is 0.398 e. The van der Waals surface area contributed by atoms with Crippen molar-refractivity contribution in [3.63, 3.8) is 0 Å². The second-order valence-electron chi connectivity index (χ2n) is 5.76. The predicted molar refractivity (Wildman–Crippen MR) is 104 cm³/mol. The van der Waals surface area contributed by atoms with Crippen molar-refractivity contribution in [2.75, 3.05) is 31.2 Å². The zero-order valence-electron chi connectivity index (χ0n) is 14.3. The number of aromatic nitrogens is 2. The van der Waals surface area contributed by atoms with Gasteiger partial charge in [-0.05, 0) is 24.3 Å². The summed E-state index contributed by atoms with van der Waals surface area (Å²) >= 11 is 0. The molecule has 2 aromatic heterocycles. The highest BCUT2D eigenvalue weighted by Crippen LogP contribution is 2.29. The number of pyridine rings is 2. The monoisotopic (exact) mass is 351 g/mol. The molecule has 0 spiro atoms. The average molecular weight is 351 g/mol. The molecule has 3 heterocycles. The minimum atomic E-state index is 0.359. The number of allylic oxidation sites excluding steroid dienone is 2. The Morgan fingerprint density at radius 3 is 2.50 bits per heavy atom. The maximum Gasteiger partial charge on any atom is 0.130 e. The van der Waals surface area contributed by atoms with Gasteiger partial charge in [-0.3, -0.25) is 4.98 Å². The Balaban J connectivity index is 2.27. The summed E-state index contributed by atoms with van der Waals surface area (Å²) < 4.78 is 5.42. The van der Waals surface area contributed by atoms with Crippen LogP contribution in [0.1, 0.15) is 11.3 Å². The lowest BCUT2D eigenvalue weighted by molar-refractivity contribution is 0.122. The molecular weight excluding hydrogens is 330 g/mol. The lowest BCUT2D eigenvalue weighted by atomic mass is 10.0. The summed E-state index contributed by atoms with van der Waals surface area (Å²) in [5.41, 5.74) is 15.0. The molecule has 1 aliphatic rings. The van der Waals surface area contributed by atoms with E-state index in [1.165, 1.54) is 12.2 Å². The van der Waals surface area contributed by atoms with Crippen LogP contribution in [0.3, 0.4) is 0 Å². The van der Waals surface area contributed by atoms with Crippen LogP contribution in [0.5, 0.6) is 0 Å². The molecule has 0 radical (unpaired) electrons. The van der Waals surface area contributed by atoms with E-state index < -0.39 is 0 Å². The van der Waals surface area contributed by atoms with Gasteiger partial charge in [-0.25, -0.2) is 4.98 Å². The summed E-state index contributed by atoms with van der Waals surface area (Å²) in [5.74, 6) is 0.758. The molecule has 26 heavy (non-hydrogen) atoms. The summed E-state index contributed by atoms with van der Waals surface area (Å²) in [6, 6.07) is 3.75. The normalized spacial score (nSPS) is 15.9. The SMILES string of the molecule is N=C/C=C(\N)c1cc(N2CCOCC2)nc2c(/C(N)=C/C=N)nccc12. The number of rotatable bonds is 5. The summed E-state index contributed by atoms with van der Waals surface area (Å²) in [4.78, 5) is 11.3. The number of fused-ring (bicyclic) bond motifs is 1. The zero-order chi connectivity index (χ0) is 18.5. The van der Waals surface area contributed by atoms with Crippen LogP contribution in [0.4, 0.5) is 5.82 Å². The molecule has 0 saturated carbocycles. The number of morpholine rings is 1. The lowest BCUT2D eigenvalue weighted by Gasteiger charge is -2.28. The summed E-state index contributed by atoms with van der Waals surface area (Å²) in [6.45, 7) is 2.73. The van der Waals surface area contributed by atoms with Gasteiger partial charge in [0.2, 0.25) is 0 Å². The molecule has 2 aromatic rings. The van der Waals surface area contributed by atoms with Gasteiger partial charge in [0, 0.05) is 48.4 Å². The Morgan fingerprint density at radius 1 is 1.12 bits per heavy atom. The third-order valence-corrected chi connectivity index (χ3v) is 4.16. The fraction of sp³-hybridized carbons (Fsp3) is 0.222. The molecule has 0 amide bonds. The van der Waals surface area contributed by atoms with Crippen molar-refractivity contribution in [3.8, 4) is 0 Å². The van der Waals surface area contributed by atoms with Crippen LogP contribution in [0, 0.1) is 10.8 Å². The highest BCUT2D eigenvalue weighted by Gasteiger charge is 2.18. The first-order valence-electron chi connectivity index (χ1n) is 8.21. The average Bonchev–Trinajstić information content (AvgIpc) is 2.67. The van der Waals surface area contributed by atoms with Crippen molar-refractivity contribution < 1.29 is 4.74 Å². The van der Waals surface area contributed by atoms with Gasteiger partial charge in [0.15, 0.2) is 0 Å². The smallest absolute Gasteiger partial charge is 0.130 e. The van der Waals surface area contributed by atoms with Gasteiger partial charge >= 0.3 is 0 Å². The molecule has 8 nitrogen and oxygen atoms in total. The van der Waals surface area contributed by atoms with Crippen molar-refractivity contribution in [2.45, 2.75) is 0 Å². The van der Waals surface area contributed by atoms with Crippen molar-refractivity contribution in [2.24, 2.45) is 11.5 Å². The van der Waals surface area contributed by atoms with Crippen LogP contribution in [0.25, 0.3) is 22.3 Å². The number of nitrogens with two attached hydrogens (primary N) is 2. The van der Waals surface area contributed by atoms with Gasteiger partial charge in [0.25, 0.3) is 0 Å². The molecule has 1 fully saturated rings. The standard InChI is InChI=1S/C18H21N7O/c19-4-1-14(21)13-11-16(25-7-9-26-10-8-25)24-17-12(13)3-6-23-18(17)15(22)2-5-20/h1-6,11,19-20H,7-10,21-22H2/b14-1-,15-2-,19-4?,20-5?. The molecule has 1 aliphatic heterocycles. The first-order valence-corrected chi connectivity index (χ1v) is 8.21. The molecule has 6 N–H and O–H groups in total. The van der Waals surface area contributed by atoms with E-state index in [9.17, 15) is 0 Å². The molecule has 8 heteroatoms. The molecule has 134 valence electrons. The van der Waals surface area contributed by atoms with Crippen LogP contribution < -0.4 is 16.4 Å². The maximum absolute atomic E-state index is 7.31. The van der Waals surface area contributed by atoms with E-state index >= 15 is 0 Å². The molecule has 0 unspecified atom stereocenters. The zero-order valence-corrected chi connectivity index (χ0v) is 14.3. The first-order chi connectivity index (χ1) is 12.7. The Morgan fingerprint density at radius 2 is 1.81 bits per heavy atom. The fourth-order valence-electron chi connectivity index (χ4n) is 2.89. The molecule has 0 bridgehead atoms. The van der Waals surface area contributed by atoms with Gasteiger partial charge in [-0.15, -0.1) is 0 Å². The Kier molecular flexibility index (Phi) is 5.23. The highest BCUT2D eigenvalue weighted by atomic mass is 16.5. The topological polar surface area (TPSA) is 138 Å². The number of hydrogen-bond donors (Lipinski definition) is 4. The predicted octanol–water partition coefficient (Wildman–Crippen LogP) is 1.36. The Bertz CT molecular complexity index is 898. The first kappa shape index (κ1) is 17.6. The second kappa shape index (κ2) is 7.75. The van der Waals surface area contributed by atoms with Crippen molar-refractivity contribution in [1.82, 2.24) is 9.97 Å². The minimum absolute atomic E-state index is 0.359. The molecule has 0 atom stereocenters. The van der Waals surface area contributed by atoms with Crippen molar-refractivity contribution in [3.05, 3.63) is 41.7 Å². The Hall–Kier alpha value is -3.26. The molecule has 3 rings (SSSR count). The molecule has 1 saturated heterocycles. The van der Waals surface area contributed by atoms with Crippen molar-refractivity contribution in [1.29, 1.82) is 10.8 Å². The van der Waals surface area contributed by atoms with Gasteiger partial charge in [-0.1, -0.05) is 0 Å². The van der Waals surface area contributed by atoms with Gasteiger partial charge in [-0.2, -0.15) is 0 Å². The number of nitrogens with one attached hydrogen (secondary N) is 2. The van der Waals surface area contributed by atoms with Gasteiger partial charge < -0.3 is 31.9 Å². The van der Waals surface area contributed by atoms with Crippen LogP contribution in [0.2, 0.25) is 0 Å². The minimum Gasteiger partial charge on any atom is -0.398 e. The highest BCUT2D eigenvalue weighted by molar-refractivity contribution is 6.00. The van der Waals surface area contributed by atoms with E-state index in [-0.39, 0.29) is 0 Å². The third-order valence-electron chi connectivity index (χ3n) is 4.16. The third kappa shape index (κ3) is 3.40. The number of anilines is 1. The maximum atomic E-state index is 7.31. The van der Waals surface area contributed by atoms with Crippen molar-refractivity contribution >= 4 is 40.5 Å². The van der Waals surface area contributed by atoms with Gasteiger partial charge in [0.05, 0.1) is 18.9 Å². The lowest BCUT2D eigenvalue weighted by Crippen LogP contribution is -2.36. The molecule has 0 aromatic carbocycles. The van der Waals surface area contributed by atoms with E-state index in [1.54, 1.807) is 6.20 Å². The molecule has 0 aliphatic carbocycles. The molecular formula is C18H21N7O. The van der Waals surface area contributed by atoms with Crippen LogP contribution in [-0.4, -0.2) is 48.7 Å². The Labute approximate surface area is 151 Å². The van der Waals surface area contributed by atoms with E-state index in [4.69, 9.17) is 32.0 Å². The van der Waals surface area contributed by atoms with E-state index in [2.05, 4.69) is 9.88 Å². The van der Waals surface area contributed by atoms with E-state index in [1.807, 2.05) is 12.1 Å². The number of ether oxygens (including phenoxy) is 1.